The molecule has 1 atom stereocenters. The Morgan fingerprint density at radius 1 is 1.22 bits per heavy atom. The average Bonchev–Trinajstić information content (AvgIpc) is 3.12. The Morgan fingerprint density at radius 3 is 2.22 bits per heavy atom. The maximum absolute atomic E-state index is 9.27. The summed E-state index contributed by atoms with van der Waals surface area (Å²) in [4.78, 5) is 2.51. The third kappa shape index (κ3) is 5.37. The molecule has 0 bridgehead atoms. The van der Waals surface area contributed by atoms with Crippen molar-refractivity contribution in [1.82, 2.24) is 10.2 Å². The van der Waals surface area contributed by atoms with Crippen molar-refractivity contribution in [2.45, 2.75) is 71.5 Å². The van der Waals surface area contributed by atoms with Crippen molar-refractivity contribution < 1.29 is 0 Å². The van der Waals surface area contributed by atoms with E-state index in [0.29, 0.717) is 18.0 Å². The summed E-state index contributed by atoms with van der Waals surface area (Å²) in [6.07, 6.45) is 4.83. The van der Waals surface area contributed by atoms with Crippen LogP contribution in [0.1, 0.15) is 53.4 Å². The van der Waals surface area contributed by atoms with E-state index in [2.05, 4.69) is 44.0 Å². The fraction of sp³-hybridized carbons (Fsp3) is 0.933. The minimum Gasteiger partial charge on any atom is -0.298 e. The molecular weight excluding hydrogens is 222 g/mol. The van der Waals surface area contributed by atoms with Gasteiger partial charge in [-0.3, -0.25) is 10.2 Å². The van der Waals surface area contributed by atoms with E-state index in [1.165, 1.54) is 25.7 Å². The van der Waals surface area contributed by atoms with Gasteiger partial charge in [0.15, 0.2) is 0 Å². The van der Waals surface area contributed by atoms with Crippen LogP contribution in [0.5, 0.6) is 0 Å². The van der Waals surface area contributed by atoms with E-state index in [0.717, 1.165) is 13.1 Å². The van der Waals surface area contributed by atoms with Crippen molar-refractivity contribution in [2.24, 2.45) is 5.92 Å². The molecule has 0 spiro atoms. The van der Waals surface area contributed by atoms with Gasteiger partial charge < -0.3 is 0 Å². The maximum atomic E-state index is 9.27. The second kappa shape index (κ2) is 7.76. The lowest BCUT2D eigenvalue weighted by Crippen LogP contribution is -2.46. The molecular formula is C15H29N3. The van der Waals surface area contributed by atoms with Gasteiger partial charge in [0.25, 0.3) is 0 Å². The van der Waals surface area contributed by atoms with Crippen molar-refractivity contribution in [3.63, 3.8) is 0 Å². The molecule has 0 saturated heterocycles. The molecule has 104 valence electrons. The second-order valence-electron chi connectivity index (χ2n) is 5.94. The molecule has 0 amide bonds. The zero-order valence-electron chi connectivity index (χ0n) is 12.4. The Labute approximate surface area is 113 Å². The van der Waals surface area contributed by atoms with Crippen molar-refractivity contribution >= 4 is 0 Å². The Balaban J connectivity index is 2.53. The van der Waals surface area contributed by atoms with Crippen LogP contribution in [0.15, 0.2) is 0 Å². The zero-order valence-corrected chi connectivity index (χ0v) is 12.4. The van der Waals surface area contributed by atoms with Crippen LogP contribution in [0.2, 0.25) is 0 Å². The van der Waals surface area contributed by atoms with Gasteiger partial charge in [0.1, 0.15) is 6.04 Å². The first-order chi connectivity index (χ1) is 8.60. The molecule has 18 heavy (non-hydrogen) atoms. The molecule has 1 saturated carbocycles. The van der Waals surface area contributed by atoms with Gasteiger partial charge >= 0.3 is 0 Å². The molecule has 0 aromatic heterocycles. The number of nitriles is 1. The minimum atomic E-state index is -0.00292. The van der Waals surface area contributed by atoms with Crippen molar-refractivity contribution in [2.75, 3.05) is 13.1 Å². The first kappa shape index (κ1) is 15.5. The van der Waals surface area contributed by atoms with Crippen LogP contribution >= 0.6 is 0 Å². The van der Waals surface area contributed by atoms with Crippen LogP contribution in [0.4, 0.5) is 0 Å². The van der Waals surface area contributed by atoms with Gasteiger partial charge in [0.05, 0.1) is 6.07 Å². The lowest BCUT2D eigenvalue weighted by Gasteiger charge is -2.33. The number of nitrogens with one attached hydrogen (secondary N) is 1. The standard InChI is InChI=1S/C15H29N3/c1-5-15(6-2)18(10-12(3)4)11-14(9-16)17-13-7-8-13/h12-15,17H,5-8,10-11H2,1-4H3. The summed E-state index contributed by atoms with van der Waals surface area (Å²) in [5.74, 6) is 0.658. The molecule has 0 aliphatic heterocycles. The molecule has 1 aliphatic carbocycles. The van der Waals surface area contributed by atoms with Gasteiger partial charge in [0.2, 0.25) is 0 Å². The molecule has 1 unspecified atom stereocenters. The minimum absolute atomic E-state index is 0.00292. The first-order valence-corrected chi connectivity index (χ1v) is 7.50. The summed E-state index contributed by atoms with van der Waals surface area (Å²) in [7, 11) is 0. The van der Waals surface area contributed by atoms with E-state index in [1.807, 2.05) is 0 Å². The highest BCUT2D eigenvalue weighted by Gasteiger charge is 2.27. The van der Waals surface area contributed by atoms with E-state index < -0.39 is 0 Å². The highest BCUT2D eigenvalue weighted by molar-refractivity contribution is 4.98. The van der Waals surface area contributed by atoms with E-state index in [9.17, 15) is 5.26 Å². The van der Waals surface area contributed by atoms with Crippen LogP contribution in [-0.4, -0.2) is 36.1 Å². The average molecular weight is 251 g/mol. The number of hydrogen-bond acceptors (Lipinski definition) is 3. The first-order valence-electron chi connectivity index (χ1n) is 7.50. The van der Waals surface area contributed by atoms with Crippen molar-refractivity contribution in [1.29, 1.82) is 5.26 Å². The predicted molar refractivity (Wildman–Crippen MR) is 76.3 cm³/mol. The van der Waals surface area contributed by atoms with Gasteiger partial charge in [-0.05, 0) is 31.6 Å². The molecule has 1 rings (SSSR count). The molecule has 3 nitrogen and oxygen atoms in total. The number of hydrogen-bond donors (Lipinski definition) is 1. The largest absolute Gasteiger partial charge is 0.298 e. The summed E-state index contributed by atoms with van der Waals surface area (Å²) in [6, 6.07) is 3.65. The fourth-order valence-corrected chi connectivity index (χ4v) is 2.55. The quantitative estimate of drug-likeness (QED) is 0.685. The fourth-order valence-electron chi connectivity index (χ4n) is 2.55. The lowest BCUT2D eigenvalue weighted by molar-refractivity contribution is 0.157. The second-order valence-corrected chi connectivity index (χ2v) is 5.94. The molecule has 0 heterocycles. The maximum Gasteiger partial charge on any atom is 0.108 e. The van der Waals surface area contributed by atoms with E-state index in [1.54, 1.807) is 0 Å². The Kier molecular flexibility index (Phi) is 6.67. The van der Waals surface area contributed by atoms with Gasteiger partial charge in [-0.15, -0.1) is 0 Å². The van der Waals surface area contributed by atoms with Crippen molar-refractivity contribution in [3.8, 4) is 6.07 Å². The summed E-state index contributed by atoms with van der Waals surface area (Å²) in [6.45, 7) is 11.0. The van der Waals surface area contributed by atoms with E-state index in [-0.39, 0.29) is 6.04 Å². The van der Waals surface area contributed by atoms with Crippen LogP contribution in [-0.2, 0) is 0 Å². The molecule has 0 aromatic carbocycles. The topological polar surface area (TPSA) is 39.1 Å². The van der Waals surface area contributed by atoms with Gasteiger partial charge in [0, 0.05) is 25.2 Å². The van der Waals surface area contributed by atoms with Crippen molar-refractivity contribution in [3.05, 3.63) is 0 Å². The highest BCUT2D eigenvalue weighted by atomic mass is 15.2. The van der Waals surface area contributed by atoms with Gasteiger partial charge in [-0.25, -0.2) is 0 Å². The Bertz CT molecular complexity index is 261. The smallest absolute Gasteiger partial charge is 0.108 e. The Morgan fingerprint density at radius 2 is 1.83 bits per heavy atom. The van der Waals surface area contributed by atoms with Gasteiger partial charge in [-0.2, -0.15) is 5.26 Å². The summed E-state index contributed by atoms with van der Waals surface area (Å²) in [5, 5.41) is 12.7. The summed E-state index contributed by atoms with van der Waals surface area (Å²) in [5.41, 5.74) is 0. The van der Waals surface area contributed by atoms with E-state index >= 15 is 0 Å². The molecule has 0 aromatic rings. The van der Waals surface area contributed by atoms with Crippen LogP contribution in [0.25, 0.3) is 0 Å². The summed E-state index contributed by atoms with van der Waals surface area (Å²) < 4.78 is 0. The van der Waals surface area contributed by atoms with Crippen LogP contribution in [0.3, 0.4) is 0 Å². The highest BCUT2D eigenvalue weighted by Crippen LogP contribution is 2.20. The van der Waals surface area contributed by atoms with Crippen LogP contribution < -0.4 is 5.32 Å². The number of nitrogens with zero attached hydrogens (tertiary/aromatic N) is 2. The molecule has 1 fully saturated rings. The molecule has 1 N–H and O–H groups in total. The number of rotatable bonds is 9. The lowest BCUT2D eigenvalue weighted by atomic mass is 10.1. The SMILES string of the molecule is CCC(CC)N(CC(C)C)CC(C#N)NC1CC1. The van der Waals surface area contributed by atoms with Gasteiger partial charge in [-0.1, -0.05) is 27.7 Å². The Hall–Kier alpha value is -0.590. The summed E-state index contributed by atoms with van der Waals surface area (Å²) >= 11 is 0. The molecule has 1 aliphatic rings. The molecule has 3 heteroatoms. The monoisotopic (exact) mass is 251 g/mol. The zero-order chi connectivity index (χ0) is 13.5. The molecule has 0 radical (unpaired) electrons. The normalized spacial score (nSPS) is 17.4. The van der Waals surface area contributed by atoms with Crippen LogP contribution in [0, 0.1) is 17.2 Å². The third-order valence-electron chi connectivity index (χ3n) is 3.65. The van der Waals surface area contributed by atoms with E-state index in [4.69, 9.17) is 0 Å². The predicted octanol–water partition coefficient (Wildman–Crippen LogP) is 2.78. The third-order valence-corrected chi connectivity index (χ3v) is 3.65.